The molecule has 1 aromatic heterocycles. The molecule has 0 unspecified atom stereocenters. The maximum Gasteiger partial charge on any atom is 0.0751 e. The van der Waals surface area contributed by atoms with Gasteiger partial charge in [-0.15, -0.1) is 0 Å². The van der Waals surface area contributed by atoms with Crippen molar-refractivity contribution in [2.24, 2.45) is 0 Å². The van der Waals surface area contributed by atoms with Gasteiger partial charge in [0.15, 0.2) is 0 Å². The Hall–Kier alpha value is -1.97. The Morgan fingerprint density at radius 1 is 1.05 bits per heavy atom. The summed E-state index contributed by atoms with van der Waals surface area (Å²) in [6, 6.07) is 13.4. The quantitative estimate of drug-likeness (QED) is 0.686. The molecule has 5 heteroatoms. The summed E-state index contributed by atoms with van der Waals surface area (Å²) in [6.07, 6.45) is 1.79. The molecule has 0 fully saturated rings. The number of hydrogen-bond acceptors (Lipinski definition) is 3. The van der Waals surface area contributed by atoms with Crippen molar-refractivity contribution in [3.8, 4) is 0 Å². The first-order valence-corrected chi connectivity index (χ1v) is 7.22. The average molecular weight is 318 g/mol. The summed E-state index contributed by atoms with van der Waals surface area (Å²) in [6.45, 7) is 0.608. The number of pyridine rings is 1. The van der Waals surface area contributed by atoms with Crippen LogP contribution in [0.4, 0.5) is 11.4 Å². The minimum Gasteiger partial charge on any atom is -0.397 e. The molecule has 0 amide bonds. The van der Waals surface area contributed by atoms with E-state index in [0.29, 0.717) is 22.3 Å². The molecular weight excluding hydrogens is 305 g/mol. The van der Waals surface area contributed by atoms with Gasteiger partial charge in [0.1, 0.15) is 0 Å². The Balaban J connectivity index is 1.89. The summed E-state index contributed by atoms with van der Waals surface area (Å²) in [4.78, 5) is 4.43. The third-order valence-electron chi connectivity index (χ3n) is 3.28. The highest BCUT2D eigenvalue weighted by Gasteiger charge is 2.06. The monoisotopic (exact) mass is 317 g/mol. The van der Waals surface area contributed by atoms with Crippen LogP contribution < -0.4 is 11.1 Å². The second-order valence-corrected chi connectivity index (χ2v) is 5.51. The first kappa shape index (κ1) is 14.0. The van der Waals surface area contributed by atoms with Crippen LogP contribution in [0, 0.1) is 0 Å². The van der Waals surface area contributed by atoms with Gasteiger partial charge in [-0.1, -0.05) is 47.5 Å². The number of hydrogen-bond donors (Lipinski definition) is 2. The van der Waals surface area contributed by atoms with E-state index >= 15 is 0 Å². The number of nitrogens with two attached hydrogens (primary N) is 1. The zero-order valence-corrected chi connectivity index (χ0v) is 12.6. The van der Waals surface area contributed by atoms with Crippen LogP contribution in [0.3, 0.4) is 0 Å². The van der Waals surface area contributed by atoms with Gasteiger partial charge in [-0.2, -0.15) is 0 Å². The normalized spacial score (nSPS) is 10.8. The molecule has 0 saturated heterocycles. The van der Waals surface area contributed by atoms with E-state index in [0.717, 1.165) is 22.2 Å². The van der Waals surface area contributed by atoms with E-state index in [1.54, 1.807) is 18.3 Å². The van der Waals surface area contributed by atoms with E-state index in [4.69, 9.17) is 28.9 Å². The number of nitrogens with one attached hydrogen (secondary N) is 1. The molecule has 0 spiro atoms. The SMILES string of the molecule is Nc1cc(Cl)c(Cl)cc1NCc1cccc2cccnc12. The molecule has 0 aliphatic rings. The number of halogens is 2. The Morgan fingerprint density at radius 3 is 2.67 bits per heavy atom. The zero-order chi connectivity index (χ0) is 14.8. The van der Waals surface area contributed by atoms with Gasteiger partial charge >= 0.3 is 0 Å². The van der Waals surface area contributed by atoms with Crippen molar-refractivity contribution in [2.75, 3.05) is 11.1 Å². The van der Waals surface area contributed by atoms with E-state index in [9.17, 15) is 0 Å². The van der Waals surface area contributed by atoms with Crippen molar-refractivity contribution in [1.29, 1.82) is 0 Å². The Bertz CT molecular complexity index is 797. The highest BCUT2D eigenvalue weighted by molar-refractivity contribution is 6.42. The second kappa shape index (κ2) is 5.80. The van der Waals surface area contributed by atoms with Gasteiger partial charge in [0.2, 0.25) is 0 Å². The maximum atomic E-state index is 6.02. The van der Waals surface area contributed by atoms with Gasteiger partial charge in [-0.05, 0) is 23.8 Å². The van der Waals surface area contributed by atoms with Crippen LogP contribution in [-0.4, -0.2) is 4.98 Å². The van der Waals surface area contributed by atoms with Crippen LogP contribution in [0.15, 0.2) is 48.7 Å². The highest BCUT2D eigenvalue weighted by Crippen LogP contribution is 2.31. The largest absolute Gasteiger partial charge is 0.397 e. The number of fused-ring (bicyclic) bond motifs is 1. The summed E-state index contributed by atoms with van der Waals surface area (Å²) < 4.78 is 0. The summed E-state index contributed by atoms with van der Waals surface area (Å²) in [7, 11) is 0. The van der Waals surface area contributed by atoms with Gasteiger partial charge in [0.25, 0.3) is 0 Å². The predicted molar refractivity (Wildman–Crippen MR) is 89.9 cm³/mol. The van der Waals surface area contributed by atoms with Gasteiger partial charge in [-0.25, -0.2) is 0 Å². The molecule has 0 saturated carbocycles. The predicted octanol–water partition coefficient (Wildman–Crippen LogP) is 4.74. The van der Waals surface area contributed by atoms with Crippen molar-refractivity contribution >= 4 is 45.5 Å². The lowest BCUT2D eigenvalue weighted by Gasteiger charge is -2.12. The zero-order valence-electron chi connectivity index (χ0n) is 11.1. The number of aromatic nitrogens is 1. The molecule has 0 bridgehead atoms. The molecule has 3 aromatic rings. The summed E-state index contributed by atoms with van der Waals surface area (Å²) in [5.74, 6) is 0. The van der Waals surface area contributed by atoms with Gasteiger partial charge in [0.05, 0.1) is 26.9 Å². The lowest BCUT2D eigenvalue weighted by atomic mass is 10.1. The van der Waals surface area contributed by atoms with E-state index in [2.05, 4.69) is 10.3 Å². The lowest BCUT2D eigenvalue weighted by molar-refractivity contribution is 1.15. The third kappa shape index (κ3) is 2.89. The molecule has 0 atom stereocenters. The Labute approximate surface area is 132 Å². The fraction of sp³-hybridized carbons (Fsp3) is 0.0625. The molecule has 1 heterocycles. The van der Waals surface area contributed by atoms with Gasteiger partial charge < -0.3 is 11.1 Å². The number of benzene rings is 2. The van der Waals surface area contributed by atoms with Crippen molar-refractivity contribution < 1.29 is 0 Å². The molecule has 106 valence electrons. The number of anilines is 2. The molecule has 0 radical (unpaired) electrons. The van der Waals surface area contributed by atoms with Gasteiger partial charge in [0, 0.05) is 18.1 Å². The smallest absolute Gasteiger partial charge is 0.0751 e. The van der Waals surface area contributed by atoms with Crippen LogP contribution in [0.25, 0.3) is 10.9 Å². The van der Waals surface area contributed by atoms with E-state index < -0.39 is 0 Å². The van der Waals surface area contributed by atoms with Crippen LogP contribution in [0.5, 0.6) is 0 Å². The van der Waals surface area contributed by atoms with Crippen LogP contribution in [-0.2, 0) is 6.54 Å². The van der Waals surface area contributed by atoms with Crippen molar-refractivity contribution in [3.05, 3.63) is 64.3 Å². The number of rotatable bonds is 3. The number of para-hydroxylation sites is 1. The van der Waals surface area contributed by atoms with Crippen LogP contribution in [0.2, 0.25) is 10.0 Å². The Morgan fingerprint density at radius 2 is 1.81 bits per heavy atom. The van der Waals surface area contributed by atoms with Crippen molar-refractivity contribution in [2.45, 2.75) is 6.54 Å². The van der Waals surface area contributed by atoms with E-state index in [1.807, 2.05) is 30.3 Å². The first-order valence-electron chi connectivity index (χ1n) is 6.46. The maximum absolute atomic E-state index is 6.02. The van der Waals surface area contributed by atoms with Crippen LogP contribution in [0.1, 0.15) is 5.56 Å². The fourth-order valence-corrected chi connectivity index (χ4v) is 2.55. The topological polar surface area (TPSA) is 50.9 Å². The lowest BCUT2D eigenvalue weighted by Crippen LogP contribution is -2.03. The van der Waals surface area contributed by atoms with Crippen molar-refractivity contribution in [3.63, 3.8) is 0 Å². The van der Waals surface area contributed by atoms with E-state index in [-0.39, 0.29) is 0 Å². The fourth-order valence-electron chi connectivity index (χ4n) is 2.22. The summed E-state index contributed by atoms with van der Waals surface area (Å²) in [5, 5.41) is 5.32. The molecule has 0 aliphatic carbocycles. The number of nitrogen functional groups attached to an aromatic ring is 1. The molecular formula is C16H13Cl2N3. The van der Waals surface area contributed by atoms with Crippen molar-refractivity contribution in [1.82, 2.24) is 4.98 Å². The molecule has 3 N–H and O–H groups in total. The molecule has 21 heavy (non-hydrogen) atoms. The second-order valence-electron chi connectivity index (χ2n) is 4.70. The van der Waals surface area contributed by atoms with Gasteiger partial charge in [-0.3, -0.25) is 4.98 Å². The molecule has 3 rings (SSSR count). The molecule has 0 aliphatic heterocycles. The minimum atomic E-state index is 0.451. The highest BCUT2D eigenvalue weighted by atomic mass is 35.5. The Kier molecular flexibility index (Phi) is 3.86. The first-order chi connectivity index (χ1) is 10.1. The molecule has 3 nitrogen and oxygen atoms in total. The standard InChI is InChI=1S/C16H13Cl2N3/c17-12-7-14(19)15(8-13(12)18)21-9-11-4-1-3-10-5-2-6-20-16(10)11/h1-8,21H,9,19H2. The third-order valence-corrected chi connectivity index (χ3v) is 4.00. The number of nitrogens with zero attached hydrogens (tertiary/aromatic N) is 1. The van der Waals surface area contributed by atoms with Crippen LogP contribution >= 0.6 is 23.2 Å². The summed E-state index contributed by atoms with van der Waals surface area (Å²) in [5.41, 5.74) is 9.35. The minimum absolute atomic E-state index is 0.451. The molecule has 2 aromatic carbocycles. The average Bonchev–Trinajstić information content (AvgIpc) is 2.49. The van der Waals surface area contributed by atoms with E-state index in [1.165, 1.54) is 0 Å². The summed E-state index contributed by atoms with van der Waals surface area (Å²) >= 11 is 12.0.